The van der Waals surface area contributed by atoms with Crippen molar-refractivity contribution in [2.24, 2.45) is 0 Å². The fraction of sp³-hybridized carbons (Fsp3) is 0. The highest BCUT2D eigenvalue weighted by Crippen LogP contribution is 2.27. The monoisotopic (exact) mass is 548 g/mol. The van der Waals surface area contributed by atoms with Gasteiger partial charge >= 0.3 is 0 Å². The van der Waals surface area contributed by atoms with Crippen LogP contribution in [0.2, 0.25) is 10.0 Å². The molecular formula is C24H18Cl2N2O5S2. The normalized spacial score (nSPS) is 11.6. The third-order valence-corrected chi connectivity index (χ3v) is 7.96. The molecule has 0 aliphatic heterocycles. The van der Waals surface area contributed by atoms with Crippen molar-refractivity contribution in [1.82, 2.24) is 0 Å². The van der Waals surface area contributed by atoms with Crippen molar-refractivity contribution in [2.75, 3.05) is 9.44 Å². The van der Waals surface area contributed by atoms with Crippen molar-refractivity contribution < 1.29 is 21.6 Å². The molecule has 0 spiro atoms. The van der Waals surface area contributed by atoms with Gasteiger partial charge in [-0.3, -0.25) is 9.44 Å². The second-order valence-electron chi connectivity index (χ2n) is 7.27. The third kappa shape index (κ3) is 6.46. The van der Waals surface area contributed by atoms with E-state index in [1.807, 2.05) is 0 Å². The number of ether oxygens (including phenoxy) is 1. The van der Waals surface area contributed by atoms with E-state index in [2.05, 4.69) is 9.44 Å². The molecule has 0 radical (unpaired) electrons. The predicted octanol–water partition coefficient (Wildman–Crippen LogP) is 6.39. The molecule has 0 amide bonds. The van der Waals surface area contributed by atoms with Crippen LogP contribution in [0.1, 0.15) is 0 Å². The minimum atomic E-state index is -3.87. The second kappa shape index (κ2) is 10.2. The summed E-state index contributed by atoms with van der Waals surface area (Å²) in [6, 6.07) is 24.2. The number of nitrogens with one attached hydrogen (secondary N) is 2. The zero-order chi connectivity index (χ0) is 25.1. The summed E-state index contributed by atoms with van der Waals surface area (Å²) in [5.41, 5.74) is 0.740. The van der Waals surface area contributed by atoms with Gasteiger partial charge < -0.3 is 4.74 Å². The van der Waals surface area contributed by atoms with Gasteiger partial charge in [-0.1, -0.05) is 29.3 Å². The van der Waals surface area contributed by atoms with E-state index in [4.69, 9.17) is 27.9 Å². The van der Waals surface area contributed by atoms with Gasteiger partial charge in [-0.25, -0.2) is 16.8 Å². The topological polar surface area (TPSA) is 102 Å². The molecule has 4 rings (SSSR count). The average molecular weight is 549 g/mol. The minimum Gasteiger partial charge on any atom is -0.457 e. The summed E-state index contributed by atoms with van der Waals surface area (Å²) >= 11 is 11.7. The minimum absolute atomic E-state index is 0.00341. The largest absolute Gasteiger partial charge is 0.457 e. The van der Waals surface area contributed by atoms with Crippen molar-refractivity contribution in [3.8, 4) is 11.5 Å². The molecule has 0 aliphatic rings. The Morgan fingerprint density at radius 1 is 0.543 bits per heavy atom. The van der Waals surface area contributed by atoms with Gasteiger partial charge in [-0.2, -0.15) is 0 Å². The van der Waals surface area contributed by atoms with E-state index in [9.17, 15) is 16.8 Å². The summed E-state index contributed by atoms with van der Waals surface area (Å²) in [6.45, 7) is 0. The van der Waals surface area contributed by atoms with E-state index >= 15 is 0 Å². The van der Waals surface area contributed by atoms with Crippen molar-refractivity contribution in [1.29, 1.82) is 0 Å². The molecule has 4 aromatic rings. The van der Waals surface area contributed by atoms with Crippen LogP contribution in [0.15, 0.2) is 107 Å². The summed E-state index contributed by atoms with van der Waals surface area (Å²) in [6.07, 6.45) is 0. The fourth-order valence-electron chi connectivity index (χ4n) is 2.99. The van der Waals surface area contributed by atoms with Crippen LogP contribution >= 0.6 is 23.2 Å². The van der Waals surface area contributed by atoms with Crippen LogP contribution in [-0.2, 0) is 20.0 Å². The first-order valence-corrected chi connectivity index (χ1v) is 13.8. The lowest BCUT2D eigenvalue weighted by Crippen LogP contribution is -2.13. The maximum Gasteiger partial charge on any atom is 0.262 e. The number of sulfonamides is 2. The molecule has 0 unspecified atom stereocenters. The summed E-state index contributed by atoms with van der Waals surface area (Å²) in [5, 5.41) is 0.981. The molecule has 2 N–H and O–H groups in total. The highest BCUT2D eigenvalue weighted by Gasteiger charge is 2.17. The molecule has 35 heavy (non-hydrogen) atoms. The number of halogens is 2. The first-order chi connectivity index (χ1) is 16.6. The van der Waals surface area contributed by atoms with E-state index < -0.39 is 20.0 Å². The van der Waals surface area contributed by atoms with Gasteiger partial charge in [0.1, 0.15) is 11.5 Å². The second-order valence-corrected chi connectivity index (χ2v) is 11.5. The van der Waals surface area contributed by atoms with Crippen LogP contribution in [0.5, 0.6) is 11.5 Å². The number of hydrogen-bond donors (Lipinski definition) is 2. The van der Waals surface area contributed by atoms with Gasteiger partial charge in [0, 0.05) is 27.5 Å². The third-order valence-electron chi connectivity index (χ3n) is 4.68. The lowest BCUT2D eigenvalue weighted by molar-refractivity contribution is 0.480. The van der Waals surface area contributed by atoms with Gasteiger partial charge in [-0.15, -0.1) is 0 Å². The van der Waals surface area contributed by atoms with Crippen LogP contribution in [0.4, 0.5) is 11.4 Å². The van der Waals surface area contributed by atoms with Crippen LogP contribution in [0.25, 0.3) is 0 Å². The van der Waals surface area contributed by atoms with Crippen molar-refractivity contribution in [3.05, 3.63) is 107 Å². The van der Waals surface area contributed by atoms with Gasteiger partial charge in [0.05, 0.1) is 9.79 Å². The van der Waals surface area contributed by atoms with Crippen LogP contribution in [0, 0.1) is 0 Å². The Kier molecular flexibility index (Phi) is 7.23. The standard InChI is InChI=1S/C24H18Cl2N2O5S2/c25-17-4-8-19(9-5-17)27-34(29,30)23-14-12-21(13-15-23)33-22-2-1-3-24(16-22)35(31,32)28-20-10-6-18(26)7-11-20/h1-16,27-28H. The van der Waals surface area contributed by atoms with Gasteiger partial charge in [0.2, 0.25) is 0 Å². The SMILES string of the molecule is O=S(=O)(Nc1ccc(Cl)cc1)c1ccc(Oc2cccc(S(=O)(=O)Nc3ccc(Cl)cc3)c2)cc1. The number of hydrogen-bond acceptors (Lipinski definition) is 5. The molecule has 0 heterocycles. The van der Waals surface area contributed by atoms with Gasteiger partial charge in [-0.05, 0) is 84.9 Å². The van der Waals surface area contributed by atoms with E-state index in [0.717, 1.165) is 0 Å². The summed E-state index contributed by atoms with van der Waals surface area (Å²) in [7, 11) is -7.69. The fourth-order valence-corrected chi connectivity index (χ4v) is 5.40. The van der Waals surface area contributed by atoms with Crippen molar-refractivity contribution >= 4 is 54.6 Å². The Bertz CT molecular complexity index is 1540. The Labute approximate surface area is 213 Å². The molecular weight excluding hydrogens is 531 g/mol. The highest BCUT2D eigenvalue weighted by atomic mass is 35.5. The van der Waals surface area contributed by atoms with E-state index in [0.29, 0.717) is 27.2 Å². The van der Waals surface area contributed by atoms with Crippen LogP contribution < -0.4 is 14.2 Å². The van der Waals surface area contributed by atoms with E-state index in [1.54, 1.807) is 60.7 Å². The van der Waals surface area contributed by atoms with Gasteiger partial charge in [0.15, 0.2) is 0 Å². The molecule has 180 valence electrons. The molecule has 4 aromatic carbocycles. The van der Waals surface area contributed by atoms with Crippen molar-refractivity contribution in [2.45, 2.75) is 9.79 Å². The first-order valence-electron chi connectivity index (χ1n) is 10.1. The van der Waals surface area contributed by atoms with Gasteiger partial charge in [0.25, 0.3) is 20.0 Å². The molecule has 0 aromatic heterocycles. The Hall–Kier alpha value is -3.24. The number of rotatable bonds is 8. The molecule has 0 fully saturated rings. The zero-order valence-corrected chi connectivity index (χ0v) is 21.0. The maximum absolute atomic E-state index is 12.7. The van der Waals surface area contributed by atoms with Crippen LogP contribution in [-0.4, -0.2) is 16.8 Å². The van der Waals surface area contributed by atoms with Crippen molar-refractivity contribution in [3.63, 3.8) is 0 Å². The Balaban J connectivity index is 1.47. The highest BCUT2D eigenvalue weighted by molar-refractivity contribution is 7.93. The number of anilines is 2. The first kappa shape index (κ1) is 24.9. The zero-order valence-electron chi connectivity index (χ0n) is 17.9. The maximum atomic E-state index is 12.7. The summed E-state index contributed by atoms with van der Waals surface area (Å²) in [4.78, 5) is 0.0274. The molecule has 11 heteroatoms. The van der Waals surface area contributed by atoms with Crippen LogP contribution in [0.3, 0.4) is 0 Å². The number of benzene rings is 4. The molecule has 7 nitrogen and oxygen atoms in total. The van der Waals surface area contributed by atoms with E-state index in [-0.39, 0.29) is 15.5 Å². The molecule has 0 aliphatic carbocycles. The Morgan fingerprint density at radius 3 is 1.54 bits per heavy atom. The molecule has 0 atom stereocenters. The predicted molar refractivity (Wildman–Crippen MR) is 137 cm³/mol. The van der Waals surface area contributed by atoms with E-state index in [1.165, 1.54) is 36.4 Å². The quantitative estimate of drug-likeness (QED) is 0.265. The molecule has 0 saturated carbocycles. The summed E-state index contributed by atoms with van der Waals surface area (Å²) < 4.78 is 61.4. The smallest absolute Gasteiger partial charge is 0.262 e. The average Bonchev–Trinajstić information content (AvgIpc) is 2.82. The molecule has 0 bridgehead atoms. The summed E-state index contributed by atoms with van der Waals surface area (Å²) in [5.74, 6) is 0.592. The Morgan fingerprint density at radius 2 is 1.03 bits per heavy atom. The molecule has 0 saturated heterocycles. The lowest BCUT2D eigenvalue weighted by atomic mass is 10.3. The lowest BCUT2D eigenvalue weighted by Gasteiger charge is -2.11.